The van der Waals surface area contributed by atoms with Crippen LogP contribution in [0.4, 0.5) is 0 Å². The first kappa shape index (κ1) is 13.7. The van der Waals surface area contributed by atoms with Crippen molar-refractivity contribution in [2.24, 2.45) is 11.7 Å². The zero-order valence-electron chi connectivity index (χ0n) is 11.0. The Hall–Kier alpha value is -1.35. The van der Waals surface area contributed by atoms with E-state index in [1.54, 1.807) is 7.11 Å². The van der Waals surface area contributed by atoms with Crippen LogP contribution >= 0.6 is 0 Å². The second-order valence-corrected chi connectivity index (χ2v) is 4.61. The highest BCUT2D eigenvalue weighted by Crippen LogP contribution is 2.21. The topological polar surface area (TPSA) is 52.3 Å². The Balaban J connectivity index is 2.87. The van der Waals surface area contributed by atoms with Gasteiger partial charge in [0.2, 0.25) is 0 Å². The van der Waals surface area contributed by atoms with E-state index < -0.39 is 0 Å². The number of rotatable bonds is 5. The minimum Gasteiger partial charge on any atom is -0.496 e. The molecular weight excluding hydrogens is 214 g/mol. The first-order chi connectivity index (χ1) is 7.95. The zero-order valence-corrected chi connectivity index (χ0v) is 11.0. The van der Waals surface area contributed by atoms with Crippen molar-refractivity contribution in [3.63, 3.8) is 0 Å². The number of carbonyl (C=O) groups is 1. The monoisotopic (exact) mass is 235 g/mol. The summed E-state index contributed by atoms with van der Waals surface area (Å²) in [7, 11) is 1.62. The second kappa shape index (κ2) is 5.82. The maximum Gasteiger partial charge on any atom is 0.141 e. The number of carbonyl (C=O) groups excluding carboxylic acids is 1. The van der Waals surface area contributed by atoms with Crippen molar-refractivity contribution in [2.45, 2.75) is 33.2 Å². The van der Waals surface area contributed by atoms with E-state index in [2.05, 4.69) is 0 Å². The Bertz CT molecular complexity index is 399. The Morgan fingerprint density at radius 2 is 2.06 bits per heavy atom. The van der Waals surface area contributed by atoms with Gasteiger partial charge in [-0.3, -0.25) is 4.79 Å². The molecule has 0 saturated carbocycles. The molecule has 2 atom stereocenters. The average molecular weight is 235 g/mol. The molecule has 0 amide bonds. The Morgan fingerprint density at radius 1 is 1.41 bits per heavy atom. The van der Waals surface area contributed by atoms with Gasteiger partial charge in [0, 0.05) is 23.9 Å². The van der Waals surface area contributed by atoms with Gasteiger partial charge in [-0.25, -0.2) is 0 Å². The van der Waals surface area contributed by atoms with Crippen molar-refractivity contribution < 1.29 is 9.53 Å². The fraction of sp³-hybridized carbons (Fsp3) is 0.500. The number of hydrogen-bond acceptors (Lipinski definition) is 3. The average Bonchev–Trinajstić information content (AvgIpc) is 2.28. The van der Waals surface area contributed by atoms with Crippen LogP contribution in [-0.4, -0.2) is 18.9 Å². The molecule has 0 aromatic heterocycles. The van der Waals surface area contributed by atoms with Gasteiger partial charge in [0.05, 0.1) is 7.11 Å². The predicted octanol–water partition coefficient (Wildman–Crippen LogP) is 2.10. The van der Waals surface area contributed by atoms with Crippen molar-refractivity contribution in [3.05, 3.63) is 29.3 Å². The fourth-order valence-corrected chi connectivity index (χ4v) is 1.69. The number of Topliss-reactive ketones (excluding diaryl/α,β-unsaturated/α-hetero) is 1. The molecule has 1 rings (SSSR count). The van der Waals surface area contributed by atoms with E-state index in [4.69, 9.17) is 10.5 Å². The van der Waals surface area contributed by atoms with Gasteiger partial charge in [0.25, 0.3) is 0 Å². The second-order valence-electron chi connectivity index (χ2n) is 4.61. The zero-order chi connectivity index (χ0) is 13.0. The van der Waals surface area contributed by atoms with E-state index in [1.165, 1.54) is 0 Å². The standard InChI is InChI=1S/C14H21NO2/c1-9-5-6-14(17-4)12(7-9)8-13(16)10(2)11(3)15/h5-7,10-11H,8,15H2,1-4H3. The third-order valence-electron chi connectivity index (χ3n) is 3.10. The summed E-state index contributed by atoms with van der Waals surface area (Å²) in [6.45, 7) is 5.73. The minimum absolute atomic E-state index is 0.113. The van der Waals surface area contributed by atoms with Crippen molar-refractivity contribution in [1.82, 2.24) is 0 Å². The fourth-order valence-electron chi connectivity index (χ4n) is 1.69. The van der Waals surface area contributed by atoms with Gasteiger partial charge in [0.15, 0.2) is 0 Å². The molecule has 2 unspecified atom stereocenters. The lowest BCUT2D eigenvalue weighted by atomic mass is 9.93. The number of nitrogens with two attached hydrogens (primary N) is 1. The molecule has 3 heteroatoms. The van der Waals surface area contributed by atoms with Crippen LogP contribution in [0.15, 0.2) is 18.2 Å². The molecule has 1 aromatic carbocycles. The Morgan fingerprint density at radius 3 is 2.59 bits per heavy atom. The van der Waals surface area contributed by atoms with E-state index in [0.29, 0.717) is 6.42 Å². The first-order valence-corrected chi connectivity index (χ1v) is 5.87. The molecule has 1 aromatic rings. The number of ether oxygens (including phenoxy) is 1. The molecule has 0 aliphatic rings. The molecule has 0 heterocycles. The van der Waals surface area contributed by atoms with Crippen LogP contribution in [0.25, 0.3) is 0 Å². The summed E-state index contributed by atoms with van der Waals surface area (Å²) in [5.74, 6) is 0.796. The molecule has 0 aliphatic heterocycles. The van der Waals surface area contributed by atoms with Crippen LogP contribution in [0.1, 0.15) is 25.0 Å². The van der Waals surface area contributed by atoms with Crippen LogP contribution in [0.5, 0.6) is 5.75 Å². The van der Waals surface area contributed by atoms with Gasteiger partial charge in [-0.1, -0.05) is 24.6 Å². The molecule has 94 valence electrons. The van der Waals surface area contributed by atoms with Crippen LogP contribution < -0.4 is 10.5 Å². The number of ketones is 1. The quantitative estimate of drug-likeness (QED) is 0.850. The number of hydrogen-bond donors (Lipinski definition) is 1. The van der Waals surface area contributed by atoms with Gasteiger partial charge < -0.3 is 10.5 Å². The largest absolute Gasteiger partial charge is 0.496 e. The molecule has 0 bridgehead atoms. The highest BCUT2D eigenvalue weighted by Gasteiger charge is 2.18. The van der Waals surface area contributed by atoms with Crippen molar-refractivity contribution >= 4 is 5.78 Å². The maximum absolute atomic E-state index is 12.0. The number of benzene rings is 1. The van der Waals surface area contributed by atoms with Gasteiger partial charge in [-0.05, 0) is 19.9 Å². The third kappa shape index (κ3) is 3.56. The molecule has 2 N–H and O–H groups in total. The van der Waals surface area contributed by atoms with Gasteiger partial charge in [-0.2, -0.15) is 0 Å². The lowest BCUT2D eigenvalue weighted by Crippen LogP contribution is -2.31. The summed E-state index contributed by atoms with van der Waals surface area (Å²) >= 11 is 0. The molecule has 0 saturated heterocycles. The van der Waals surface area contributed by atoms with Crippen molar-refractivity contribution in [3.8, 4) is 5.75 Å². The lowest BCUT2D eigenvalue weighted by molar-refractivity contribution is -0.122. The molecular formula is C14H21NO2. The van der Waals surface area contributed by atoms with E-state index in [-0.39, 0.29) is 17.7 Å². The molecule has 17 heavy (non-hydrogen) atoms. The Kier molecular flexibility index (Phi) is 4.70. The summed E-state index contributed by atoms with van der Waals surface area (Å²) in [4.78, 5) is 12.0. The molecule has 0 radical (unpaired) electrons. The summed E-state index contributed by atoms with van der Waals surface area (Å²) in [6, 6.07) is 5.75. The Labute approximate surface area is 103 Å². The van der Waals surface area contributed by atoms with E-state index in [0.717, 1.165) is 16.9 Å². The SMILES string of the molecule is COc1ccc(C)cc1CC(=O)C(C)C(C)N. The van der Waals surface area contributed by atoms with E-state index in [1.807, 2.05) is 39.0 Å². The van der Waals surface area contributed by atoms with Crippen LogP contribution in [0.3, 0.4) is 0 Å². The number of aryl methyl sites for hydroxylation is 1. The summed E-state index contributed by atoms with van der Waals surface area (Å²) in [5, 5.41) is 0. The predicted molar refractivity (Wildman–Crippen MR) is 69.3 cm³/mol. The highest BCUT2D eigenvalue weighted by molar-refractivity contribution is 5.84. The summed E-state index contributed by atoms with van der Waals surface area (Å²) < 4.78 is 5.26. The van der Waals surface area contributed by atoms with E-state index in [9.17, 15) is 4.79 Å². The summed E-state index contributed by atoms with van der Waals surface area (Å²) in [5.41, 5.74) is 7.80. The van der Waals surface area contributed by atoms with Crippen LogP contribution in [0, 0.1) is 12.8 Å². The normalized spacial score (nSPS) is 14.2. The smallest absolute Gasteiger partial charge is 0.141 e. The van der Waals surface area contributed by atoms with Gasteiger partial charge in [-0.15, -0.1) is 0 Å². The van der Waals surface area contributed by atoms with Crippen LogP contribution in [-0.2, 0) is 11.2 Å². The van der Waals surface area contributed by atoms with E-state index >= 15 is 0 Å². The number of methoxy groups -OCH3 is 1. The minimum atomic E-state index is -0.125. The molecule has 0 fully saturated rings. The van der Waals surface area contributed by atoms with Crippen LogP contribution in [0.2, 0.25) is 0 Å². The lowest BCUT2D eigenvalue weighted by Gasteiger charge is -2.15. The van der Waals surface area contributed by atoms with Gasteiger partial charge >= 0.3 is 0 Å². The molecule has 3 nitrogen and oxygen atoms in total. The van der Waals surface area contributed by atoms with Crippen molar-refractivity contribution in [2.75, 3.05) is 7.11 Å². The summed E-state index contributed by atoms with van der Waals surface area (Å²) in [6.07, 6.45) is 0.383. The molecule has 0 aliphatic carbocycles. The highest BCUT2D eigenvalue weighted by atomic mass is 16.5. The third-order valence-corrected chi connectivity index (χ3v) is 3.10. The molecule has 0 spiro atoms. The maximum atomic E-state index is 12.0. The van der Waals surface area contributed by atoms with Gasteiger partial charge in [0.1, 0.15) is 11.5 Å². The van der Waals surface area contributed by atoms with Crippen molar-refractivity contribution in [1.29, 1.82) is 0 Å². The first-order valence-electron chi connectivity index (χ1n) is 5.87.